The summed E-state index contributed by atoms with van der Waals surface area (Å²) in [5.74, 6) is 0. The summed E-state index contributed by atoms with van der Waals surface area (Å²) in [6, 6.07) is 11.1. The quantitative estimate of drug-likeness (QED) is 0.725. The Kier molecular flexibility index (Phi) is 3.94. The number of carbonyl (C=O) groups excluding carboxylic acids is 1. The van der Waals surface area contributed by atoms with Crippen molar-refractivity contribution in [3.05, 3.63) is 53.1 Å². The van der Waals surface area contributed by atoms with Gasteiger partial charge in [0.05, 0.1) is 0 Å². The number of nitrogens with two attached hydrogens (primary N) is 1. The Morgan fingerprint density at radius 3 is 2.45 bits per heavy atom. The highest BCUT2D eigenvalue weighted by Gasteiger charge is 2.07. The SMILES string of the molecule is Cc1cccc(NC(=O)Nc2cc(N)c(C)cc2C)c1. The zero-order valence-electron chi connectivity index (χ0n) is 11.9. The topological polar surface area (TPSA) is 67.2 Å². The van der Waals surface area contributed by atoms with Gasteiger partial charge in [0.15, 0.2) is 0 Å². The molecule has 0 aliphatic rings. The maximum atomic E-state index is 12.0. The first kappa shape index (κ1) is 13.9. The third kappa shape index (κ3) is 3.29. The highest BCUT2D eigenvalue weighted by atomic mass is 16.2. The summed E-state index contributed by atoms with van der Waals surface area (Å²) >= 11 is 0. The molecule has 0 heterocycles. The van der Waals surface area contributed by atoms with Gasteiger partial charge < -0.3 is 16.4 Å². The van der Waals surface area contributed by atoms with Crippen molar-refractivity contribution in [3.63, 3.8) is 0 Å². The molecule has 0 fully saturated rings. The number of amides is 2. The van der Waals surface area contributed by atoms with Crippen molar-refractivity contribution in [2.75, 3.05) is 16.4 Å². The number of hydrogen-bond acceptors (Lipinski definition) is 2. The number of carbonyl (C=O) groups is 1. The first-order valence-electron chi connectivity index (χ1n) is 6.47. The maximum Gasteiger partial charge on any atom is 0.323 e. The van der Waals surface area contributed by atoms with Gasteiger partial charge in [0.2, 0.25) is 0 Å². The van der Waals surface area contributed by atoms with E-state index in [2.05, 4.69) is 10.6 Å². The van der Waals surface area contributed by atoms with Gasteiger partial charge in [0.1, 0.15) is 0 Å². The lowest BCUT2D eigenvalue weighted by molar-refractivity contribution is 0.262. The molecule has 2 amide bonds. The summed E-state index contributed by atoms with van der Waals surface area (Å²) in [4.78, 5) is 12.0. The number of nitrogens with one attached hydrogen (secondary N) is 2. The Hall–Kier alpha value is -2.49. The Morgan fingerprint density at radius 2 is 1.75 bits per heavy atom. The lowest BCUT2D eigenvalue weighted by Crippen LogP contribution is -2.20. The van der Waals surface area contributed by atoms with Gasteiger partial charge in [0, 0.05) is 17.1 Å². The molecule has 104 valence electrons. The fraction of sp³-hybridized carbons (Fsp3) is 0.188. The van der Waals surface area contributed by atoms with Gasteiger partial charge in [-0.2, -0.15) is 0 Å². The third-order valence-corrected chi connectivity index (χ3v) is 3.14. The van der Waals surface area contributed by atoms with Gasteiger partial charge in [-0.15, -0.1) is 0 Å². The van der Waals surface area contributed by atoms with E-state index in [1.54, 1.807) is 6.07 Å². The van der Waals surface area contributed by atoms with Crippen molar-refractivity contribution in [1.29, 1.82) is 0 Å². The van der Waals surface area contributed by atoms with Crippen molar-refractivity contribution in [3.8, 4) is 0 Å². The zero-order chi connectivity index (χ0) is 14.7. The van der Waals surface area contributed by atoms with Gasteiger partial charge in [-0.05, 0) is 55.7 Å². The third-order valence-electron chi connectivity index (χ3n) is 3.14. The molecule has 0 unspecified atom stereocenters. The van der Waals surface area contributed by atoms with E-state index in [-0.39, 0.29) is 6.03 Å². The predicted octanol–water partition coefficient (Wildman–Crippen LogP) is 3.84. The molecule has 0 bridgehead atoms. The predicted molar refractivity (Wildman–Crippen MR) is 84.1 cm³/mol. The summed E-state index contributed by atoms with van der Waals surface area (Å²) in [7, 11) is 0. The lowest BCUT2D eigenvalue weighted by Gasteiger charge is -2.12. The second-order valence-electron chi connectivity index (χ2n) is 4.97. The number of urea groups is 1. The summed E-state index contributed by atoms with van der Waals surface area (Å²) in [6.45, 7) is 5.86. The molecule has 2 aromatic rings. The van der Waals surface area contributed by atoms with Crippen molar-refractivity contribution in [2.45, 2.75) is 20.8 Å². The minimum Gasteiger partial charge on any atom is -0.398 e. The van der Waals surface area contributed by atoms with Crippen LogP contribution in [0.3, 0.4) is 0 Å². The number of nitrogen functional groups attached to an aromatic ring is 1. The van der Waals surface area contributed by atoms with Crippen LogP contribution in [0.1, 0.15) is 16.7 Å². The molecule has 4 N–H and O–H groups in total. The Balaban J connectivity index is 2.10. The van der Waals surface area contributed by atoms with E-state index in [9.17, 15) is 4.79 Å². The summed E-state index contributed by atoms with van der Waals surface area (Å²) in [6.07, 6.45) is 0. The minimum absolute atomic E-state index is 0.276. The minimum atomic E-state index is -0.276. The molecule has 0 radical (unpaired) electrons. The van der Waals surface area contributed by atoms with E-state index < -0.39 is 0 Å². The number of rotatable bonds is 2. The molecule has 20 heavy (non-hydrogen) atoms. The number of anilines is 3. The van der Waals surface area contributed by atoms with Crippen molar-refractivity contribution in [2.24, 2.45) is 0 Å². The molecule has 0 saturated heterocycles. The molecule has 4 heteroatoms. The van der Waals surface area contributed by atoms with Crippen molar-refractivity contribution >= 4 is 23.1 Å². The second-order valence-corrected chi connectivity index (χ2v) is 4.97. The molecule has 4 nitrogen and oxygen atoms in total. The largest absolute Gasteiger partial charge is 0.398 e. The van der Waals surface area contributed by atoms with Crippen LogP contribution < -0.4 is 16.4 Å². The highest BCUT2D eigenvalue weighted by Crippen LogP contribution is 2.22. The van der Waals surface area contributed by atoms with E-state index in [0.29, 0.717) is 5.69 Å². The lowest BCUT2D eigenvalue weighted by atomic mass is 10.1. The molecule has 2 rings (SSSR count). The standard InChI is InChI=1S/C16H19N3O/c1-10-5-4-6-13(7-10)18-16(20)19-15-9-14(17)11(2)8-12(15)3/h4-9H,17H2,1-3H3,(H2,18,19,20). The van der Waals surface area contributed by atoms with E-state index in [4.69, 9.17) is 5.73 Å². The average molecular weight is 269 g/mol. The van der Waals surface area contributed by atoms with Crippen molar-refractivity contribution in [1.82, 2.24) is 0 Å². The number of benzene rings is 2. The average Bonchev–Trinajstić information content (AvgIpc) is 2.36. The van der Waals surface area contributed by atoms with Crippen LogP contribution in [0.15, 0.2) is 36.4 Å². The van der Waals surface area contributed by atoms with E-state index in [0.717, 1.165) is 28.1 Å². The number of aryl methyl sites for hydroxylation is 3. The molecular formula is C16H19N3O. The smallest absolute Gasteiger partial charge is 0.323 e. The van der Waals surface area contributed by atoms with E-state index >= 15 is 0 Å². The van der Waals surface area contributed by atoms with Crippen LogP contribution in [0, 0.1) is 20.8 Å². The molecule has 0 spiro atoms. The summed E-state index contributed by atoms with van der Waals surface area (Å²) in [5.41, 5.74) is 11.1. The Bertz CT molecular complexity index is 650. The van der Waals surface area contributed by atoms with Gasteiger partial charge in [0.25, 0.3) is 0 Å². The van der Waals surface area contributed by atoms with Crippen LogP contribution in [-0.4, -0.2) is 6.03 Å². The normalized spacial score (nSPS) is 10.2. The van der Waals surface area contributed by atoms with Crippen LogP contribution >= 0.6 is 0 Å². The van der Waals surface area contributed by atoms with Crippen LogP contribution in [0.2, 0.25) is 0 Å². The van der Waals surface area contributed by atoms with Crippen LogP contribution in [0.4, 0.5) is 21.9 Å². The molecule has 2 aromatic carbocycles. The summed E-state index contributed by atoms with van der Waals surface area (Å²) in [5, 5.41) is 5.62. The monoisotopic (exact) mass is 269 g/mol. The summed E-state index contributed by atoms with van der Waals surface area (Å²) < 4.78 is 0. The molecule has 0 aromatic heterocycles. The molecule has 0 aliphatic carbocycles. The van der Waals surface area contributed by atoms with Crippen LogP contribution in [-0.2, 0) is 0 Å². The first-order valence-corrected chi connectivity index (χ1v) is 6.47. The van der Waals surface area contributed by atoms with E-state index in [1.807, 2.05) is 51.1 Å². The van der Waals surface area contributed by atoms with Gasteiger partial charge in [-0.25, -0.2) is 4.79 Å². The molecule has 0 aliphatic heterocycles. The van der Waals surface area contributed by atoms with Crippen LogP contribution in [0.25, 0.3) is 0 Å². The maximum absolute atomic E-state index is 12.0. The molecule has 0 atom stereocenters. The second kappa shape index (κ2) is 5.65. The fourth-order valence-corrected chi connectivity index (χ4v) is 2.01. The Labute approximate surface area is 119 Å². The molecule has 0 saturated carbocycles. The fourth-order valence-electron chi connectivity index (χ4n) is 2.01. The Morgan fingerprint density at radius 1 is 1.00 bits per heavy atom. The first-order chi connectivity index (χ1) is 9.45. The van der Waals surface area contributed by atoms with Crippen LogP contribution in [0.5, 0.6) is 0 Å². The zero-order valence-corrected chi connectivity index (χ0v) is 11.9. The van der Waals surface area contributed by atoms with Gasteiger partial charge in [-0.1, -0.05) is 18.2 Å². The van der Waals surface area contributed by atoms with E-state index in [1.165, 1.54) is 0 Å². The molecular weight excluding hydrogens is 250 g/mol. The number of hydrogen-bond donors (Lipinski definition) is 3. The highest BCUT2D eigenvalue weighted by molar-refractivity contribution is 6.00. The van der Waals surface area contributed by atoms with Gasteiger partial charge >= 0.3 is 6.03 Å². The van der Waals surface area contributed by atoms with Crippen molar-refractivity contribution < 1.29 is 4.79 Å². The van der Waals surface area contributed by atoms with Gasteiger partial charge in [-0.3, -0.25) is 0 Å².